The van der Waals surface area contributed by atoms with Gasteiger partial charge >= 0.3 is 12.4 Å². The second-order valence-corrected chi connectivity index (χ2v) is 12.3. The molecule has 0 atom stereocenters. The molecule has 0 amide bonds. The summed E-state index contributed by atoms with van der Waals surface area (Å²) < 4.78 is 84.1. The third-order valence-electron chi connectivity index (χ3n) is 8.62. The van der Waals surface area contributed by atoms with Crippen LogP contribution in [-0.2, 0) is 19.0 Å². The van der Waals surface area contributed by atoms with E-state index >= 15 is 0 Å². The molecule has 1 N–H and O–H groups in total. The lowest BCUT2D eigenvalue weighted by molar-refractivity contribution is -0.388. The maximum absolute atomic E-state index is 13.3. The minimum Gasteiger partial charge on any atom is -0.489 e. The van der Waals surface area contributed by atoms with E-state index in [1.54, 1.807) is 0 Å². The number of anilines is 2. The highest BCUT2D eigenvalue weighted by Gasteiger charge is 2.38. The van der Waals surface area contributed by atoms with Crippen LogP contribution < -0.4 is 15.0 Å². The van der Waals surface area contributed by atoms with Crippen LogP contribution in [0.25, 0.3) is 0 Å². The second kappa shape index (κ2) is 15.0. The molecule has 0 radical (unpaired) electrons. The van der Waals surface area contributed by atoms with Gasteiger partial charge in [0.05, 0.1) is 15.5 Å². The molecule has 8 nitrogen and oxygen atoms in total. The zero-order valence-corrected chi connectivity index (χ0v) is 26.7. The Balaban J connectivity index is 1.00. The molecule has 2 heterocycles. The van der Waals surface area contributed by atoms with Crippen molar-refractivity contribution < 1.29 is 36.0 Å². The summed E-state index contributed by atoms with van der Waals surface area (Å²) in [6.45, 7) is 5.76. The van der Waals surface area contributed by atoms with Crippen LogP contribution in [0.2, 0.25) is 0 Å². The molecule has 0 aromatic heterocycles. The van der Waals surface area contributed by atoms with Crippen molar-refractivity contribution in [1.82, 2.24) is 9.80 Å². The smallest absolute Gasteiger partial charge is 0.423 e. The largest absolute Gasteiger partial charge is 0.489 e. The van der Waals surface area contributed by atoms with Crippen molar-refractivity contribution in [3.8, 4) is 5.75 Å². The molecule has 5 rings (SSSR count). The molecule has 2 saturated heterocycles. The molecule has 0 aliphatic carbocycles. The summed E-state index contributed by atoms with van der Waals surface area (Å²) in [5, 5.41) is 14.1. The summed E-state index contributed by atoms with van der Waals surface area (Å²) >= 11 is 5.72. The van der Waals surface area contributed by atoms with Gasteiger partial charge in [-0.15, -0.1) is 0 Å². The number of alkyl halides is 6. The molecular weight excluding hydrogens is 660 g/mol. The zero-order valence-electron chi connectivity index (χ0n) is 25.9. The third-order valence-corrected chi connectivity index (χ3v) is 9.08. The molecule has 3 aromatic rings. The number of nitro benzene ring substituents is 1. The highest BCUT2D eigenvalue weighted by molar-refractivity contribution is 7.80. The van der Waals surface area contributed by atoms with E-state index in [-0.39, 0.29) is 18.3 Å². The molecule has 3 aromatic carbocycles. The van der Waals surface area contributed by atoms with E-state index in [1.807, 2.05) is 24.3 Å². The number of likely N-dealkylation sites (tertiary alicyclic amines) is 1. The van der Waals surface area contributed by atoms with Crippen LogP contribution >= 0.6 is 12.2 Å². The van der Waals surface area contributed by atoms with E-state index < -0.39 is 34.1 Å². The molecule has 2 aliphatic heterocycles. The first-order chi connectivity index (χ1) is 22.8. The summed E-state index contributed by atoms with van der Waals surface area (Å²) in [5.74, 6) is 0.632. The van der Waals surface area contributed by atoms with Gasteiger partial charge in [-0.3, -0.25) is 15.0 Å². The number of benzene rings is 3. The van der Waals surface area contributed by atoms with Gasteiger partial charge in [0, 0.05) is 75.7 Å². The van der Waals surface area contributed by atoms with Crippen LogP contribution in [-0.4, -0.2) is 71.6 Å². The molecule has 48 heavy (non-hydrogen) atoms. The van der Waals surface area contributed by atoms with Gasteiger partial charge in [0.25, 0.3) is 5.69 Å². The number of halogens is 6. The third kappa shape index (κ3) is 9.28. The van der Waals surface area contributed by atoms with Gasteiger partial charge in [0.1, 0.15) is 17.9 Å². The zero-order chi connectivity index (χ0) is 34.5. The number of thiocarbonyl (C=S) groups is 1. The SMILES string of the molecule is O=[N+]([O-])c1ccc(NC2CCN(C(=S)CCN3CCN(c4ccc(OCc5ccc(C(F)(F)F)cc5)cc4)CC3)CC2)cc1C(F)(F)F. The Labute approximate surface area is 279 Å². The number of ether oxygens (including phenoxy) is 1. The van der Waals surface area contributed by atoms with Crippen LogP contribution in [0.5, 0.6) is 5.75 Å². The Morgan fingerprint density at radius 2 is 1.52 bits per heavy atom. The molecule has 2 aliphatic rings. The van der Waals surface area contributed by atoms with Gasteiger partial charge in [-0.25, -0.2) is 0 Å². The summed E-state index contributed by atoms with van der Waals surface area (Å²) in [6.07, 6.45) is -7.11. The maximum Gasteiger partial charge on any atom is 0.423 e. The number of nitro groups is 1. The fraction of sp³-hybridized carbons (Fsp3) is 0.424. The minimum absolute atomic E-state index is 0.0701. The number of rotatable bonds is 10. The molecule has 0 unspecified atom stereocenters. The lowest BCUT2D eigenvalue weighted by Crippen LogP contribution is -2.48. The van der Waals surface area contributed by atoms with Crippen molar-refractivity contribution in [1.29, 1.82) is 0 Å². The van der Waals surface area contributed by atoms with Crippen molar-refractivity contribution in [2.75, 3.05) is 56.0 Å². The Morgan fingerprint density at radius 3 is 2.10 bits per heavy atom. The Kier molecular flexibility index (Phi) is 11.0. The van der Waals surface area contributed by atoms with E-state index in [0.29, 0.717) is 37.2 Å². The van der Waals surface area contributed by atoms with Gasteiger partial charge in [0.15, 0.2) is 0 Å². The highest BCUT2D eigenvalue weighted by atomic mass is 32.1. The summed E-state index contributed by atoms with van der Waals surface area (Å²) in [5.41, 5.74) is -1.01. The summed E-state index contributed by atoms with van der Waals surface area (Å²) in [4.78, 5) is 17.7. The van der Waals surface area contributed by atoms with Gasteiger partial charge in [0.2, 0.25) is 0 Å². The summed E-state index contributed by atoms with van der Waals surface area (Å²) in [6, 6.07) is 15.5. The van der Waals surface area contributed by atoms with Crippen LogP contribution in [0.1, 0.15) is 36.0 Å². The monoisotopic (exact) mass is 695 g/mol. The van der Waals surface area contributed by atoms with E-state index in [9.17, 15) is 36.5 Å². The van der Waals surface area contributed by atoms with Gasteiger partial charge in [-0.05, 0) is 66.9 Å². The first-order valence-corrected chi connectivity index (χ1v) is 15.9. The predicted molar refractivity (Wildman–Crippen MR) is 174 cm³/mol. The van der Waals surface area contributed by atoms with Crippen LogP contribution in [0.3, 0.4) is 0 Å². The average molecular weight is 696 g/mol. The van der Waals surface area contributed by atoms with Crippen molar-refractivity contribution in [2.24, 2.45) is 0 Å². The molecule has 0 spiro atoms. The van der Waals surface area contributed by atoms with Crippen molar-refractivity contribution >= 4 is 34.3 Å². The van der Waals surface area contributed by atoms with E-state index in [4.69, 9.17) is 17.0 Å². The minimum atomic E-state index is -4.82. The van der Waals surface area contributed by atoms with Gasteiger partial charge < -0.3 is 19.9 Å². The normalized spacial score (nSPS) is 16.5. The molecule has 258 valence electrons. The molecule has 2 fully saturated rings. The van der Waals surface area contributed by atoms with Crippen LogP contribution in [0, 0.1) is 10.1 Å². The molecule has 0 bridgehead atoms. The number of piperazine rings is 1. The van der Waals surface area contributed by atoms with Gasteiger partial charge in [-0.1, -0.05) is 24.4 Å². The quantitative estimate of drug-likeness (QED) is 0.101. The average Bonchev–Trinajstić information content (AvgIpc) is 3.06. The lowest BCUT2D eigenvalue weighted by Gasteiger charge is -2.37. The first-order valence-electron chi connectivity index (χ1n) is 15.5. The Hall–Kier alpha value is -4.11. The number of hydrogen-bond acceptors (Lipinski definition) is 7. The fourth-order valence-corrected chi connectivity index (χ4v) is 6.15. The lowest BCUT2D eigenvalue weighted by atomic mass is 10.0. The second-order valence-electron chi connectivity index (χ2n) is 11.8. The topological polar surface area (TPSA) is 74.1 Å². The number of nitrogens with one attached hydrogen (secondary N) is 1. The number of nitrogens with zero attached hydrogens (tertiary/aromatic N) is 4. The predicted octanol–water partition coefficient (Wildman–Crippen LogP) is 7.63. The van der Waals surface area contributed by atoms with E-state index in [1.165, 1.54) is 18.2 Å². The molecular formula is C33H35F6N5O3S. The standard InChI is InChI=1S/C33H35F6N5O3S/c34-32(35,36)24-3-1-23(2-4-24)22-47-28-8-6-27(7-9-28)42-19-17-41(18-20-42)14-13-31(48)43-15-11-25(12-16-43)40-26-5-10-30(44(45)46)29(21-26)33(37,38)39/h1-10,21,25,40H,11-20,22H2. The van der Waals surface area contributed by atoms with Crippen molar-refractivity contribution in [2.45, 2.75) is 44.3 Å². The van der Waals surface area contributed by atoms with Crippen LogP contribution in [0.4, 0.5) is 43.4 Å². The number of piperidine rings is 1. The first kappa shape index (κ1) is 35.2. The highest BCUT2D eigenvalue weighted by Crippen LogP contribution is 2.38. The van der Waals surface area contributed by atoms with Crippen LogP contribution in [0.15, 0.2) is 66.7 Å². The Bertz CT molecular complexity index is 1550. The molecule has 0 saturated carbocycles. The van der Waals surface area contributed by atoms with E-state index in [2.05, 4.69) is 20.0 Å². The number of hydrogen-bond donors (Lipinski definition) is 1. The molecule has 15 heteroatoms. The summed E-state index contributed by atoms with van der Waals surface area (Å²) in [7, 11) is 0. The Morgan fingerprint density at radius 1 is 0.875 bits per heavy atom. The van der Waals surface area contributed by atoms with E-state index in [0.717, 1.165) is 74.1 Å². The van der Waals surface area contributed by atoms with Crippen molar-refractivity contribution in [3.63, 3.8) is 0 Å². The maximum atomic E-state index is 13.3. The van der Waals surface area contributed by atoms with Crippen molar-refractivity contribution in [3.05, 3.63) is 93.5 Å². The fourth-order valence-electron chi connectivity index (χ4n) is 5.87. The van der Waals surface area contributed by atoms with Gasteiger partial charge in [-0.2, -0.15) is 26.3 Å².